The van der Waals surface area contributed by atoms with Gasteiger partial charge in [0.2, 0.25) is 0 Å². The molecule has 6 nitrogen and oxygen atoms in total. The lowest BCUT2D eigenvalue weighted by Gasteiger charge is -2.11. The van der Waals surface area contributed by atoms with Crippen LogP contribution in [0.5, 0.6) is 23.0 Å². The standard InChI is InChI=1S/C10H14O3.C10H12O3/c2*1-7(11)9-5-4-8(12-2)6-10(9)13-3/h4-7,11H,1-3H3;4-6H,1-3H3. The van der Waals surface area contributed by atoms with Crippen molar-refractivity contribution in [2.24, 2.45) is 0 Å². The Morgan fingerprint density at radius 1 is 0.846 bits per heavy atom. The topological polar surface area (TPSA) is 74.2 Å². The summed E-state index contributed by atoms with van der Waals surface area (Å²) in [4.78, 5) is 11.1. The molecule has 0 heterocycles. The Hall–Kier alpha value is -2.73. The average molecular weight is 362 g/mol. The van der Waals surface area contributed by atoms with Crippen molar-refractivity contribution in [1.29, 1.82) is 0 Å². The van der Waals surface area contributed by atoms with Crippen LogP contribution in [0.3, 0.4) is 0 Å². The summed E-state index contributed by atoms with van der Waals surface area (Å²) in [5.74, 6) is 2.59. The molecule has 26 heavy (non-hydrogen) atoms. The third kappa shape index (κ3) is 5.67. The van der Waals surface area contributed by atoms with Gasteiger partial charge in [0.25, 0.3) is 0 Å². The molecule has 0 fully saturated rings. The smallest absolute Gasteiger partial charge is 0.163 e. The average Bonchev–Trinajstić information content (AvgIpc) is 2.66. The predicted molar refractivity (Wildman–Crippen MR) is 99.7 cm³/mol. The second-order valence-electron chi connectivity index (χ2n) is 5.41. The van der Waals surface area contributed by atoms with Crippen molar-refractivity contribution in [2.45, 2.75) is 20.0 Å². The van der Waals surface area contributed by atoms with Crippen molar-refractivity contribution < 1.29 is 28.8 Å². The largest absolute Gasteiger partial charge is 0.497 e. The fourth-order valence-electron chi connectivity index (χ4n) is 2.25. The molecule has 0 aliphatic rings. The van der Waals surface area contributed by atoms with Crippen LogP contribution in [-0.4, -0.2) is 39.3 Å². The first-order valence-electron chi connectivity index (χ1n) is 8.00. The molecule has 0 aliphatic heterocycles. The van der Waals surface area contributed by atoms with Crippen molar-refractivity contribution >= 4 is 5.78 Å². The van der Waals surface area contributed by atoms with Crippen LogP contribution in [0.4, 0.5) is 0 Å². The summed E-state index contributed by atoms with van der Waals surface area (Å²) >= 11 is 0. The van der Waals surface area contributed by atoms with Crippen LogP contribution >= 0.6 is 0 Å². The van der Waals surface area contributed by atoms with Gasteiger partial charge in [-0.15, -0.1) is 0 Å². The van der Waals surface area contributed by atoms with Crippen LogP contribution in [0.15, 0.2) is 36.4 Å². The Kier molecular flexibility index (Phi) is 8.45. The molecule has 0 bridgehead atoms. The van der Waals surface area contributed by atoms with Gasteiger partial charge in [0.05, 0.1) is 40.1 Å². The molecule has 1 atom stereocenters. The van der Waals surface area contributed by atoms with E-state index >= 15 is 0 Å². The maximum atomic E-state index is 11.1. The van der Waals surface area contributed by atoms with Gasteiger partial charge in [-0.25, -0.2) is 0 Å². The van der Waals surface area contributed by atoms with Crippen molar-refractivity contribution in [2.75, 3.05) is 28.4 Å². The van der Waals surface area contributed by atoms with Gasteiger partial charge in [0, 0.05) is 17.7 Å². The third-order valence-corrected chi connectivity index (χ3v) is 3.68. The van der Waals surface area contributed by atoms with Crippen LogP contribution in [0, 0.1) is 0 Å². The summed E-state index contributed by atoms with van der Waals surface area (Å²) in [6.45, 7) is 3.20. The molecular weight excluding hydrogens is 336 g/mol. The molecule has 0 aromatic heterocycles. The second kappa shape index (κ2) is 10.3. The van der Waals surface area contributed by atoms with E-state index in [1.165, 1.54) is 14.0 Å². The minimum absolute atomic E-state index is 0.0143. The van der Waals surface area contributed by atoms with Gasteiger partial charge in [-0.2, -0.15) is 0 Å². The fourth-order valence-corrected chi connectivity index (χ4v) is 2.25. The number of carbonyl (C=O) groups is 1. The number of rotatable bonds is 6. The zero-order chi connectivity index (χ0) is 19.7. The molecule has 6 heteroatoms. The lowest BCUT2D eigenvalue weighted by atomic mass is 10.1. The van der Waals surface area contributed by atoms with Crippen molar-refractivity contribution in [3.8, 4) is 23.0 Å². The van der Waals surface area contributed by atoms with E-state index < -0.39 is 6.10 Å². The molecule has 0 spiro atoms. The molecule has 2 aromatic carbocycles. The zero-order valence-corrected chi connectivity index (χ0v) is 16.0. The molecular formula is C20H26O6. The first kappa shape index (κ1) is 21.3. The van der Waals surface area contributed by atoms with Gasteiger partial charge >= 0.3 is 0 Å². The lowest BCUT2D eigenvalue weighted by Crippen LogP contribution is -1.97. The minimum atomic E-state index is -0.527. The highest BCUT2D eigenvalue weighted by atomic mass is 16.5. The van der Waals surface area contributed by atoms with E-state index in [0.717, 1.165) is 11.3 Å². The van der Waals surface area contributed by atoms with Gasteiger partial charge in [-0.1, -0.05) is 0 Å². The quantitative estimate of drug-likeness (QED) is 0.791. The first-order valence-corrected chi connectivity index (χ1v) is 8.00. The maximum absolute atomic E-state index is 11.1. The van der Waals surface area contributed by atoms with Gasteiger partial charge in [0.1, 0.15) is 23.0 Å². The first-order chi connectivity index (χ1) is 12.4. The summed E-state index contributed by atoms with van der Waals surface area (Å²) in [7, 11) is 6.26. The molecule has 0 saturated heterocycles. The highest BCUT2D eigenvalue weighted by Crippen LogP contribution is 2.29. The third-order valence-electron chi connectivity index (χ3n) is 3.68. The Bertz CT molecular complexity index is 724. The summed E-state index contributed by atoms with van der Waals surface area (Å²) < 4.78 is 20.2. The molecule has 0 radical (unpaired) electrons. The molecule has 142 valence electrons. The number of hydrogen-bond acceptors (Lipinski definition) is 6. The summed E-state index contributed by atoms with van der Waals surface area (Å²) in [6.07, 6.45) is -0.527. The highest BCUT2D eigenvalue weighted by Gasteiger charge is 2.09. The molecule has 2 aromatic rings. The van der Waals surface area contributed by atoms with Gasteiger partial charge in [-0.3, -0.25) is 4.79 Å². The summed E-state index contributed by atoms with van der Waals surface area (Å²) in [5, 5.41) is 9.38. The van der Waals surface area contributed by atoms with Crippen LogP contribution in [0.1, 0.15) is 35.9 Å². The van der Waals surface area contributed by atoms with E-state index in [9.17, 15) is 9.90 Å². The SMILES string of the molecule is COc1ccc(C(C)=O)c(OC)c1.COc1ccc(C(C)O)c(OC)c1. The Morgan fingerprint density at radius 3 is 1.77 bits per heavy atom. The Labute approximate surface area is 154 Å². The van der Waals surface area contributed by atoms with Gasteiger partial charge in [0.15, 0.2) is 5.78 Å². The predicted octanol–water partition coefficient (Wildman–Crippen LogP) is 3.66. The number of ketones is 1. The van der Waals surface area contributed by atoms with E-state index in [4.69, 9.17) is 18.9 Å². The minimum Gasteiger partial charge on any atom is -0.497 e. The van der Waals surface area contributed by atoms with Crippen molar-refractivity contribution in [1.82, 2.24) is 0 Å². The number of hydrogen-bond donors (Lipinski definition) is 1. The summed E-state index contributed by atoms with van der Waals surface area (Å²) in [5.41, 5.74) is 1.34. The fraction of sp³-hybridized carbons (Fsp3) is 0.350. The molecule has 1 N–H and O–H groups in total. The number of carbonyl (C=O) groups excluding carboxylic acids is 1. The molecule has 0 aliphatic carbocycles. The van der Waals surface area contributed by atoms with Crippen LogP contribution in [0.25, 0.3) is 0 Å². The molecule has 1 unspecified atom stereocenters. The highest BCUT2D eigenvalue weighted by molar-refractivity contribution is 5.97. The van der Waals surface area contributed by atoms with E-state index in [1.807, 2.05) is 0 Å². The zero-order valence-electron chi connectivity index (χ0n) is 16.0. The number of Topliss-reactive ketones (excluding diaryl/α,β-unsaturated/α-hetero) is 1. The number of aliphatic hydroxyl groups excluding tert-OH is 1. The van der Waals surface area contributed by atoms with Gasteiger partial charge in [-0.05, 0) is 38.1 Å². The van der Waals surface area contributed by atoms with Crippen LogP contribution < -0.4 is 18.9 Å². The van der Waals surface area contributed by atoms with E-state index in [2.05, 4.69) is 0 Å². The molecule has 0 saturated carbocycles. The van der Waals surface area contributed by atoms with Crippen molar-refractivity contribution in [3.05, 3.63) is 47.5 Å². The number of aliphatic hydroxyl groups is 1. The lowest BCUT2D eigenvalue weighted by molar-refractivity contribution is 0.101. The summed E-state index contributed by atoms with van der Waals surface area (Å²) in [6, 6.07) is 10.5. The van der Waals surface area contributed by atoms with Crippen LogP contribution in [-0.2, 0) is 0 Å². The number of benzene rings is 2. The second-order valence-corrected chi connectivity index (χ2v) is 5.41. The normalized spacial score (nSPS) is 10.9. The monoisotopic (exact) mass is 362 g/mol. The Balaban J connectivity index is 0.000000260. The van der Waals surface area contributed by atoms with E-state index in [1.54, 1.807) is 64.7 Å². The van der Waals surface area contributed by atoms with Gasteiger partial charge < -0.3 is 24.1 Å². The van der Waals surface area contributed by atoms with Crippen molar-refractivity contribution in [3.63, 3.8) is 0 Å². The van der Waals surface area contributed by atoms with E-state index in [-0.39, 0.29) is 5.78 Å². The Morgan fingerprint density at radius 2 is 1.35 bits per heavy atom. The maximum Gasteiger partial charge on any atom is 0.163 e. The molecule has 0 amide bonds. The molecule has 2 rings (SSSR count). The number of methoxy groups -OCH3 is 4. The van der Waals surface area contributed by atoms with Crippen LogP contribution in [0.2, 0.25) is 0 Å². The number of ether oxygens (including phenoxy) is 4. The van der Waals surface area contributed by atoms with E-state index in [0.29, 0.717) is 22.8 Å².